The predicted octanol–water partition coefficient (Wildman–Crippen LogP) is 2.48. The van der Waals surface area contributed by atoms with Crippen LogP contribution in [0.15, 0.2) is 24.3 Å². The second-order valence-electron chi connectivity index (χ2n) is 5.91. The molecule has 6 nitrogen and oxygen atoms in total. The first kappa shape index (κ1) is 17.1. The van der Waals surface area contributed by atoms with Crippen LogP contribution in [0.3, 0.4) is 0 Å². The van der Waals surface area contributed by atoms with Crippen LogP contribution in [0.2, 0.25) is 0 Å². The summed E-state index contributed by atoms with van der Waals surface area (Å²) in [6, 6.07) is 5.45. The van der Waals surface area contributed by atoms with Crippen molar-refractivity contribution >= 4 is 23.4 Å². The summed E-state index contributed by atoms with van der Waals surface area (Å²) in [6.45, 7) is 5.86. The van der Waals surface area contributed by atoms with Crippen LogP contribution in [0.4, 0.5) is 26.2 Å². The van der Waals surface area contributed by atoms with E-state index in [0.717, 1.165) is 0 Å². The molecule has 1 aliphatic heterocycles. The number of nitrogens with zero attached hydrogens (tertiary/aromatic N) is 4. The summed E-state index contributed by atoms with van der Waals surface area (Å²) in [5.74, 6) is -0.567. The summed E-state index contributed by atoms with van der Waals surface area (Å²) in [5.41, 5.74) is 0.402. The summed E-state index contributed by atoms with van der Waals surface area (Å²) < 4.78 is 27.6. The second kappa shape index (κ2) is 7.00. The number of anilines is 3. The molecule has 0 radical (unpaired) electrons. The number of aryl methyl sites for hydroxylation is 1. The number of carbonyl (C=O) groups is 1. The molecule has 2 aromatic rings. The number of carbonyl (C=O) groups excluding carboxylic acids is 1. The van der Waals surface area contributed by atoms with Crippen molar-refractivity contribution in [1.82, 2.24) is 14.9 Å². The molecule has 0 spiro atoms. The van der Waals surface area contributed by atoms with E-state index in [0.29, 0.717) is 37.7 Å². The highest BCUT2D eigenvalue weighted by atomic mass is 19.1. The number of aromatic nitrogens is 2. The monoisotopic (exact) mass is 347 g/mol. The van der Waals surface area contributed by atoms with Crippen LogP contribution in [0.25, 0.3) is 0 Å². The second-order valence-corrected chi connectivity index (χ2v) is 5.91. The topological polar surface area (TPSA) is 61.4 Å². The van der Waals surface area contributed by atoms with Crippen LogP contribution < -0.4 is 10.2 Å². The Labute approximate surface area is 144 Å². The van der Waals surface area contributed by atoms with Crippen molar-refractivity contribution in [3.63, 3.8) is 0 Å². The molecule has 0 saturated carbocycles. The number of para-hydroxylation sites is 1. The molecular formula is C17H19F2N5O. The number of rotatable bonds is 3. The fourth-order valence-electron chi connectivity index (χ4n) is 2.75. The number of benzene rings is 1. The van der Waals surface area contributed by atoms with E-state index >= 15 is 0 Å². The van der Waals surface area contributed by atoms with Crippen LogP contribution in [0.5, 0.6) is 0 Å². The fourth-order valence-corrected chi connectivity index (χ4v) is 2.75. The number of nitrogens with one attached hydrogen (secondary N) is 1. The van der Waals surface area contributed by atoms with Gasteiger partial charge in [0, 0.05) is 44.9 Å². The van der Waals surface area contributed by atoms with Crippen LogP contribution in [-0.2, 0) is 4.79 Å². The maximum absolute atomic E-state index is 13.8. The third kappa shape index (κ3) is 3.84. The van der Waals surface area contributed by atoms with Gasteiger partial charge < -0.3 is 15.1 Å². The van der Waals surface area contributed by atoms with E-state index < -0.39 is 11.6 Å². The summed E-state index contributed by atoms with van der Waals surface area (Å²) in [7, 11) is 0. The standard InChI is InChI=1S/C17H19F2N5O/c1-11-10-15(24-8-6-23(7-9-24)12(2)25)21-17(20-11)22-16-13(18)4-3-5-14(16)19/h3-5,10H,6-9H2,1-2H3,(H,20,21,22). The molecular weight excluding hydrogens is 328 g/mol. The fraction of sp³-hybridized carbons (Fsp3) is 0.353. The Morgan fingerprint density at radius 3 is 2.36 bits per heavy atom. The molecule has 1 aromatic carbocycles. The number of halogens is 2. The van der Waals surface area contributed by atoms with Gasteiger partial charge in [-0.05, 0) is 19.1 Å². The van der Waals surface area contributed by atoms with E-state index in [-0.39, 0.29) is 17.5 Å². The highest BCUT2D eigenvalue weighted by Crippen LogP contribution is 2.23. The van der Waals surface area contributed by atoms with Gasteiger partial charge in [-0.3, -0.25) is 4.79 Å². The van der Waals surface area contributed by atoms with E-state index in [9.17, 15) is 13.6 Å². The first-order valence-electron chi connectivity index (χ1n) is 8.01. The van der Waals surface area contributed by atoms with Gasteiger partial charge in [0.2, 0.25) is 11.9 Å². The van der Waals surface area contributed by atoms with Gasteiger partial charge in [-0.2, -0.15) is 4.98 Å². The zero-order valence-corrected chi connectivity index (χ0v) is 14.1. The van der Waals surface area contributed by atoms with Gasteiger partial charge in [0.15, 0.2) is 0 Å². The van der Waals surface area contributed by atoms with Crippen molar-refractivity contribution in [2.45, 2.75) is 13.8 Å². The van der Waals surface area contributed by atoms with E-state index in [1.165, 1.54) is 18.2 Å². The van der Waals surface area contributed by atoms with Gasteiger partial charge in [-0.1, -0.05) is 6.07 Å². The molecule has 0 unspecified atom stereocenters. The van der Waals surface area contributed by atoms with Gasteiger partial charge in [0.05, 0.1) is 0 Å². The molecule has 25 heavy (non-hydrogen) atoms. The smallest absolute Gasteiger partial charge is 0.229 e. The van der Waals surface area contributed by atoms with Crippen LogP contribution >= 0.6 is 0 Å². The molecule has 1 aromatic heterocycles. The molecule has 1 N–H and O–H groups in total. The Morgan fingerprint density at radius 2 is 1.76 bits per heavy atom. The average Bonchev–Trinajstić information content (AvgIpc) is 2.58. The third-order valence-corrected chi connectivity index (χ3v) is 4.09. The zero-order valence-electron chi connectivity index (χ0n) is 14.1. The van der Waals surface area contributed by atoms with Gasteiger partial charge in [0.25, 0.3) is 0 Å². The molecule has 8 heteroatoms. The van der Waals surface area contributed by atoms with E-state index in [1.807, 2.05) is 11.0 Å². The van der Waals surface area contributed by atoms with Crippen molar-refractivity contribution < 1.29 is 13.6 Å². The molecule has 1 amide bonds. The van der Waals surface area contributed by atoms with Gasteiger partial charge in [0.1, 0.15) is 23.1 Å². The van der Waals surface area contributed by atoms with Crippen molar-refractivity contribution in [3.8, 4) is 0 Å². The Kier molecular flexibility index (Phi) is 4.78. The largest absolute Gasteiger partial charge is 0.353 e. The maximum atomic E-state index is 13.8. The summed E-state index contributed by atoms with van der Waals surface area (Å²) in [4.78, 5) is 23.8. The Bertz CT molecular complexity index is 770. The minimum absolute atomic E-state index is 0.0518. The average molecular weight is 347 g/mol. The molecule has 2 heterocycles. The minimum atomic E-state index is -0.707. The minimum Gasteiger partial charge on any atom is -0.353 e. The normalized spacial score (nSPS) is 14.6. The molecule has 132 valence electrons. The predicted molar refractivity (Wildman–Crippen MR) is 90.9 cm³/mol. The zero-order chi connectivity index (χ0) is 18.0. The Morgan fingerprint density at radius 1 is 1.12 bits per heavy atom. The first-order chi connectivity index (χ1) is 11.9. The molecule has 0 atom stereocenters. The molecule has 1 fully saturated rings. The third-order valence-electron chi connectivity index (χ3n) is 4.09. The number of hydrogen-bond donors (Lipinski definition) is 1. The lowest BCUT2D eigenvalue weighted by Gasteiger charge is -2.35. The Hall–Kier alpha value is -2.77. The Balaban J connectivity index is 1.81. The van der Waals surface area contributed by atoms with Crippen molar-refractivity contribution in [1.29, 1.82) is 0 Å². The number of hydrogen-bond acceptors (Lipinski definition) is 5. The highest BCUT2D eigenvalue weighted by molar-refractivity contribution is 5.73. The van der Waals surface area contributed by atoms with Gasteiger partial charge in [-0.15, -0.1) is 0 Å². The maximum Gasteiger partial charge on any atom is 0.229 e. The molecule has 1 saturated heterocycles. The quantitative estimate of drug-likeness (QED) is 0.924. The van der Waals surface area contributed by atoms with Gasteiger partial charge >= 0.3 is 0 Å². The lowest BCUT2D eigenvalue weighted by atomic mass is 10.3. The van der Waals surface area contributed by atoms with Crippen LogP contribution in [0, 0.1) is 18.6 Å². The summed E-state index contributed by atoms with van der Waals surface area (Å²) in [6.07, 6.45) is 0. The highest BCUT2D eigenvalue weighted by Gasteiger charge is 2.20. The van der Waals surface area contributed by atoms with Gasteiger partial charge in [-0.25, -0.2) is 13.8 Å². The summed E-state index contributed by atoms with van der Waals surface area (Å²) in [5, 5.41) is 2.62. The molecule has 1 aliphatic rings. The first-order valence-corrected chi connectivity index (χ1v) is 8.01. The molecule has 3 rings (SSSR count). The summed E-state index contributed by atoms with van der Waals surface area (Å²) >= 11 is 0. The number of piperazine rings is 1. The van der Waals surface area contributed by atoms with E-state index in [2.05, 4.69) is 15.3 Å². The van der Waals surface area contributed by atoms with E-state index in [4.69, 9.17) is 0 Å². The van der Waals surface area contributed by atoms with Crippen molar-refractivity contribution in [2.75, 3.05) is 36.4 Å². The van der Waals surface area contributed by atoms with Crippen molar-refractivity contribution in [3.05, 3.63) is 41.6 Å². The number of amides is 1. The van der Waals surface area contributed by atoms with Crippen LogP contribution in [0.1, 0.15) is 12.6 Å². The molecule has 0 bridgehead atoms. The van der Waals surface area contributed by atoms with Crippen LogP contribution in [-0.4, -0.2) is 47.0 Å². The van der Waals surface area contributed by atoms with E-state index in [1.54, 1.807) is 18.7 Å². The van der Waals surface area contributed by atoms with Crippen molar-refractivity contribution in [2.24, 2.45) is 0 Å². The lowest BCUT2D eigenvalue weighted by Crippen LogP contribution is -2.48. The lowest BCUT2D eigenvalue weighted by molar-refractivity contribution is -0.129. The molecule has 0 aliphatic carbocycles. The SMILES string of the molecule is CC(=O)N1CCN(c2cc(C)nc(Nc3c(F)cccc3F)n2)CC1.